The van der Waals surface area contributed by atoms with Crippen LogP contribution < -0.4 is 11.1 Å². The molecule has 7 heteroatoms. The first-order valence-electron chi connectivity index (χ1n) is 5.42. The summed E-state index contributed by atoms with van der Waals surface area (Å²) in [6.07, 6.45) is 1.40. The monoisotopic (exact) mass is 257 g/mol. The fraction of sp³-hybridized carbons (Fsp3) is 0.600. The van der Waals surface area contributed by atoms with Gasteiger partial charge in [0.15, 0.2) is 5.13 Å². The fourth-order valence-corrected chi connectivity index (χ4v) is 2.27. The van der Waals surface area contributed by atoms with Crippen molar-refractivity contribution in [2.24, 2.45) is 0 Å². The summed E-state index contributed by atoms with van der Waals surface area (Å²) in [5, 5.41) is 3.26. The Morgan fingerprint density at radius 3 is 3.24 bits per heavy atom. The Balaban J connectivity index is 1.94. The number of nitrogen functional groups attached to an aromatic ring is 1. The Labute approximate surface area is 103 Å². The third kappa shape index (κ3) is 2.93. The highest BCUT2D eigenvalue weighted by Gasteiger charge is 2.30. The molecule has 0 saturated carbocycles. The molecule has 1 aromatic rings. The molecule has 1 saturated heterocycles. The summed E-state index contributed by atoms with van der Waals surface area (Å²) in [7, 11) is 0. The maximum atomic E-state index is 11.9. The highest BCUT2D eigenvalue weighted by atomic mass is 32.1. The number of nitrogens with two attached hydrogens (primary N) is 1. The molecule has 1 aliphatic rings. The molecule has 1 aromatic heterocycles. The molecule has 0 unspecified atom stereocenters. The first-order valence-corrected chi connectivity index (χ1v) is 6.24. The van der Waals surface area contributed by atoms with Gasteiger partial charge in [0.05, 0.1) is 25.5 Å². The Morgan fingerprint density at radius 1 is 1.76 bits per heavy atom. The van der Waals surface area contributed by atoms with Crippen LogP contribution in [-0.2, 0) is 9.47 Å². The lowest BCUT2D eigenvalue weighted by atomic mass is 10.2. The van der Waals surface area contributed by atoms with Crippen LogP contribution in [-0.4, -0.2) is 42.9 Å². The van der Waals surface area contributed by atoms with E-state index in [0.29, 0.717) is 29.8 Å². The van der Waals surface area contributed by atoms with Crippen molar-refractivity contribution in [3.05, 3.63) is 11.1 Å². The second-order valence-corrected chi connectivity index (χ2v) is 4.74. The predicted molar refractivity (Wildman–Crippen MR) is 64.0 cm³/mol. The molecule has 94 valence electrons. The van der Waals surface area contributed by atoms with Gasteiger partial charge in [-0.15, -0.1) is 0 Å². The summed E-state index contributed by atoms with van der Waals surface area (Å²) < 4.78 is 10.8. The summed E-state index contributed by atoms with van der Waals surface area (Å²) in [5.41, 5.74) is 5.48. The zero-order chi connectivity index (χ0) is 12.3. The second-order valence-electron chi connectivity index (χ2n) is 3.67. The van der Waals surface area contributed by atoms with E-state index in [4.69, 9.17) is 15.2 Å². The molecule has 0 aliphatic carbocycles. The molecule has 2 atom stereocenters. The largest absolute Gasteiger partial charge is 0.376 e. The molecule has 1 fully saturated rings. The first-order chi connectivity index (χ1) is 8.20. The zero-order valence-electron chi connectivity index (χ0n) is 9.51. The molecule has 0 spiro atoms. The van der Waals surface area contributed by atoms with Crippen LogP contribution in [0.2, 0.25) is 0 Å². The van der Waals surface area contributed by atoms with Crippen molar-refractivity contribution in [3.8, 4) is 0 Å². The van der Waals surface area contributed by atoms with Crippen LogP contribution >= 0.6 is 11.3 Å². The summed E-state index contributed by atoms with van der Waals surface area (Å²) in [6.45, 7) is 3.52. The highest BCUT2D eigenvalue weighted by Crippen LogP contribution is 2.16. The van der Waals surface area contributed by atoms with E-state index in [-0.39, 0.29) is 18.1 Å². The molecular weight excluding hydrogens is 242 g/mol. The van der Waals surface area contributed by atoms with Crippen molar-refractivity contribution >= 4 is 22.4 Å². The highest BCUT2D eigenvalue weighted by molar-refractivity contribution is 7.17. The Morgan fingerprint density at radius 2 is 2.59 bits per heavy atom. The number of anilines is 1. The number of nitrogens with one attached hydrogen (secondary N) is 1. The number of nitrogens with zero attached hydrogens (tertiary/aromatic N) is 1. The molecule has 2 heterocycles. The number of thiazole rings is 1. The van der Waals surface area contributed by atoms with Gasteiger partial charge in [-0.25, -0.2) is 4.98 Å². The number of aromatic nitrogens is 1. The smallest absolute Gasteiger partial charge is 0.263 e. The second kappa shape index (κ2) is 5.44. The number of hydrogen-bond donors (Lipinski definition) is 2. The SMILES string of the molecule is CCO[C@H]1COC[C@@H]1NC(=O)c1cnc(N)s1. The van der Waals surface area contributed by atoms with Crippen molar-refractivity contribution in [3.63, 3.8) is 0 Å². The summed E-state index contributed by atoms with van der Waals surface area (Å²) in [4.78, 5) is 16.2. The van der Waals surface area contributed by atoms with Crippen LogP contribution in [0, 0.1) is 0 Å². The predicted octanol–water partition coefficient (Wildman–Crippen LogP) is 0.259. The van der Waals surface area contributed by atoms with E-state index in [1.165, 1.54) is 17.5 Å². The quantitative estimate of drug-likeness (QED) is 0.808. The van der Waals surface area contributed by atoms with Gasteiger partial charge in [-0.1, -0.05) is 11.3 Å². The van der Waals surface area contributed by atoms with Crippen molar-refractivity contribution < 1.29 is 14.3 Å². The van der Waals surface area contributed by atoms with E-state index < -0.39 is 0 Å². The van der Waals surface area contributed by atoms with Gasteiger partial charge in [0, 0.05) is 6.61 Å². The third-order valence-electron chi connectivity index (χ3n) is 2.47. The van der Waals surface area contributed by atoms with Gasteiger partial charge in [-0.2, -0.15) is 0 Å². The van der Waals surface area contributed by atoms with Crippen LogP contribution in [0.25, 0.3) is 0 Å². The minimum absolute atomic E-state index is 0.0748. The summed E-state index contributed by atoms with van der Waals surface area (Å²) in [5.74, 6) is -0.181. The number of rotatable bonds is 4. The lowest BCUT2D eigenvalue weighted by Gasteiger charge is -2.18. The van der Waals surface area contributed by atoms with Crippen molar-refractivity contribution in [1.29, 1.82) is 0 Å². The molecular formula is C10H15N3O3S. The number of carbonyl (C=O) groups is 1. The molecule has 0 bridgehead atoms. The summed E-state index contributed by atoms with van der Waals surface area (Å²) in [6, 6.07) is -0.106. The van der Waals surface area contributed by atoms with Gasteiger partial charge in [0.2, 0.25) is 0 Å². The molecule has 1 amide bonds. The minimum Gasteiger partial charge on any atom is -0.376 e. The number of ether oxygens (including phenoxy) is 2. The van der Waals surface area contributed by atoms with E-state index in [9.17, 15) is 4.79 Å². The lowest BCUT2D eigenvalue weighted by Crippen LogP contribution is -2.43. The molecule has 0 aromatic carbocycles. The molecule has 2 rings (SSSR count). The molecule has 6 nitrogen and oxygen atoms in total. The normalized spacial score (nSPS) is 23.8. The molecule has 1 aliphatic heterocycles. The number of carbonyl (C=O) groups excluding carboxylic acids is 1. The van der Waals surface area contributed by atoms with Gasteiger partial charge in [0.25, 0.3) is 5.91 Å². The van der Waals surface area contributed by atoms with Crippen molar-refractivity contribution in [1.82, 2.24) is 10.3 Å². The average molecular weight is 257 g/mol. The Bertz CT molecular complexity index is 396. The van der Waals surface area contributed by atoms with Gasteiger partial charge in [-0.05, 0) is 6.92 Å². The third-order valence-corrected chi connectivity index (χ3v) is 3.30. The van der Waals surface area contributed by atoms with Crippen LogP contribution in [0.4, 0.5) is 5.13 Å². The van der Waals surface area contributed by atoms with Crippen LogP contribution in [0.15, 0.2) is 6.20 Å². The van der Waals surface area contributed by atoms with E-state index in [1.807, 2.05) is 6.92 Å². The van der Waals surface area contributed by atoms with E-state index >= 15 is 0 Å². The lowest BCUT2D eigenvalue weighted by molar-refractivity contribution is 0.0403. The minimum atomic E-state index is -0.181. The van der Waals surface area contributed by atoms with Crippen molar-refractivity contribution in [2.75, 3.05) is 25.6 Å². The molecule has 3 N–H and O–H groups in total. The van der Waals surface area contributed by atoms with Crippen LogP contribution in [0.5, 0.6) is 0 Å². The van der Waals surface area contributed by atoms with E-state index in [1.54, 1.807) is 0 Å². The zero-order valence-corrected chi connectivity index (χ0v) is 10.3. The van der Waals surface area contributed by atoms with Gasteiger partial charge < -0.3 is 20.5 Å². The van der Waals surface area contributed by atoms with Crippen LogP contribution in [0.3, 0.4) is 0 Å². The van der Waals surface area contributed by atoms with E-state index in [2.05, 4.69) is 10.3 Å². The van der Waals surface area contributed by atoms with Crippen molar-refractivity contribution in [2.45, 2.75) is 19.1 Å². The van der Waals surface area contributed by atoms with Gasteiger partial charge in [-0.3, -0.25) is 4.79 Å². The van der Waals surface area contributed by atoms with Crippen LogP contribution in [0.1, 0.15) is 16.6 Å². The summed E-state index contributed by atoms with van der Waals surface area (Å²) >= 11 is 1.17. The standard InChI is InChI=1S/C10H15N3O3S/c1-2-16-7-5-15-4-6(7)13-9(14)8-3-12-10(11)17-8/h3,6-7H,2,4-5H2,1H3,(H2,11,12)(H,13,14)/t6-,7-/m0/s1. The molecule has 17 heavy (non-hydrogen) atoms. The van der Waals surface area contributed by atoms with Gasteiger partial charge >= 0.3 is 0 Å². The maximum Gasteiger partial charge on any atom is 0.263 e. The van der Waals surface area contributed by atoms with Gasteiger partial charge in [0.1, 0.15) is 11.0 Å². The Kier molecular flexibility index (Phi) is 3.93. The maximum absolute atomic E-state index is 11.9. The average Bonchev–Trinajstić information content (AvgIpc) is 2.89. The van der Waals surface area contributed by atoms with E-state index in [0.717, 1.165) is 0 Å². The molecule has 0 radical (unpaired) electrons. The topological polar surface area (TPSA) is 86.5 Å². The number of amides is 1. The fourth-order valence-electron chi connectivity index (χ4n) is 1.68. The first kappa shape index (κ1) is 12.3. The number of hydrogen-bond acceptors (Lipinski definition) is 6. The Hall–Kier alpha value is -1.18.